The number of hydrogen-bond acceptors (Lipinski definition) is 0. The molecule has 0 aromatic rings. The maximum Gasteiger partial charge on any atom is 0.00534 e. The molecule has 6 aliphatic carbocycles. The van der Waals surface area contributed by atoms with E-state index in [4.69, 9.17) is 0 Å². The third-order valence-corrected chi connectivity index (χ3v) is 9.87. The fourth-order valence-corrected chi connectivity index (χ4v) is 7.70. The van der Waals surface area contributed by atoms with Gasteiger partial charge in [-0.2, -0.15) is 0 Å². The molecular formula is C22H32. The standard InChI is InChI=1S/C22H32/c1-19(2)12-13-7-9-21(19,5)15-11-16-18(17(13)15)14-8-10-22(16,6)20(14,3)4/h11,13-14,17H,7-10,12H2,1-6H3/t13-,14+,17+,21+,22+/m1/s1. The second-order valence-corrected chi connectivity index (χ2v) is 10.8. The predicted molar refractivity (Wildman–Crippen MR) is 92.4 cm³/mol. The Balaban J connectivity index is 1.71. The van der Waals surface area contributed by atoms with Crippen LogP contribution in [0.1, 0.15) is 73.6 Å². The minimum absolute atomic E-state index is 0.455. The van der Waals surface area contributed by atoms with E-state index in [0.717, 1.165) is 17.8 Å². The number of allylic oxidation sites excluding steroid dienone is 4. The minimum Gasteiger partial charge on any atom is -0.0591 e. The number of hydrogen-bond donors (Lipinski definition) is 0. The van der Waals surface area contributed by atoms with E-state index in [2.05, 4.69) is 47.6 Å². The molecule has 0 unspecified atom stereocenters. The summed E-state index contributed by atoms with van der Waals surface area (Å²) in [6.45, 7) is 15.4. The van der Waals surface area contributed by atoms with Crippen molar-refractivity contribution < 1.29 is 0 Å². The highest BCUT2D eigenvalue weighted by Crippen LogP contribution is 2.77. The van der Waals surface area contributed by atoms with Crippen LogP contribution in [-0.4, -0.2) is 0 Å². The quantitative estimate of drug-likeness (QED) is 0.503. The smallest absolute Gasteiger partial charge is 0.00534 e. The average molecular weight is 296 g/mol. The molecule has 0 heterocycles. The summed E-state index contributed by atoms with van der Waals surface area (Å²) >= 11 is 0. The van der Waals surface area contributed by atoms with E-state index in [0.29, 0.717) is 21.7 Å². The molecule has 0 spiro atoms. The van der Waals surface area contributed by atoms with Crippen LogP contribution in [0.25, 0.3) is 0 Å². The summed E-state index contributed by atoms with van der Waals surface area (Å²) in [6.07, 6.45) is 9.97. The van der Waals surface area contributed by atoms with Crippen molar-refractivity contribution in [1.82, 2.24) is 0 Å². The Morgan fingerprint density at radius 1 is 0.909 bits per heavy atom. The fraction of sp³-hybridized carbons (Fsp3) is 0.818. The zero-order chi connectivity index (χ0) is 15.7. The van der Waals surface area contributed by atoms with Gasteiger partial charge in [0.25, 0.3) is 0 Å². The zero-order valence-corrected chi connectivity index (χ0v) is 15.3. The monoisotopic (exact) mass is 296 g/mol. The summed E-state index contributed by atoms with van der Waals surface area (Å²) in [7, 11) is 0. The summed E-state index contributed by atoms with van der Waals surface area (Å²) in [5, 5.41) is 0. The van der Waals surface area contributed by atoms with Crippen molar-refractivity contribution in [2.75, 3.05) is 0 Å². The Kier molecular flexibility index (Phi) is 2.17. The molecule has 120 valence electrons. The first-order valence-electron chi connectivity index (χ1n) is 9.60. The molecule has 0 heteroatoms. The Morgan fingerprint density at radius 3 is 2.27 bits per heavy atom. The van der Waals surface area contributed by atoms with E-state index >= 15 is 0 Å². The summed E-state index contributed by atoms with van der Waals surface area (Å²) < 4.78 is 0. The molecule has 0 amide bonds. The maximum atomic E-state index is 2.74. The second kappa shape index (κ2) is 3.45. The average Bonchev–Trinajstić information content (AvgIpc) is 2.97. The largest absolute Gasteiger partial charge is 0.0591 e. The summed E-state index contributed by atoms with van der Waals surface area (Å²) in [5.41, 5.74) is 7.50. The summed E-state index contributed by atoms with van der Waals surface area (Å²) in [5.74, 6) is 2.65. The Morgan fingerprint density at radius 2 is 1.59 bits per heavy atom. The van der Waals surface area contributed by atoms with E-state index in [1.807, 2.05) is 16.7 Å². The van der Waals surface area contributed by atoms with Gasteiger partial charge in [0.1, 0.15) is 0 Å². The Hall–Kier alpha value is -0.520. The van der Waals surface area contributed by atoms with Gasteiger partial charge in [-0.15, -0.1) is 0 Å². The molecule has 6 aliphatic rings. The van der Waals surface area contributed by atoms with Crippen molar-refractivity contribution in [3.05, 3.63) is 22.8 Å². The third-order valence-electron chi connectivity index (χ3n) is 9.87. The van der Waals surface area contributed by atoms with Gasteiger partial charge in [0.15, 0.2) is 0 Å². The molecule has 0 radical (unpaired) electrons. The van der Waals surface area contributed by atoms with E-state index in [1.165, 1.54) is 32.1 Å². The van der Waals surface area contributed by atoms with Gasteiger partial charge < -0.3 is 0 Å². The highest BCUT2D eigenvalue weighted by atomic mass is 14.7. The van der Waals surface area contributed by atoms with Crippen LogP contribution in [0.3, 0.4) is 0 Å². The summed E-state index contributed by atoms with van der Waals surface area (Å²) in [4.78, 5) is 0. The van der Waals surface area contributed by atoms with Crippen LogP contribution in [0.5, 0.6) is 0 Å². The first-order valence-corrected chi connectivity index (χ1v) is 9.60. The van der Waals surface area contributed by atoms with Gasteiger partial charge in [0.05, 0.1) is 0 Å². The molecule has 4 bridgehead atoms. The van der Waals surface area contributed by atoms with E-state index in [1.54, 1.807) is 0 Å². The normalized spacial score (nSPS) is 52.8. The lowest BCUT2D eigenvalue weighted by Gasteiger charge is -2.61. The van der Waals surface area contributed by atoms with E-state index in [9.17, 15) is 0 Å². The van der Waals surface area contributed by atoms with Crippen molar-refractivity contribution in [3.8, 4) is 0 Å². The predicted octanol–water partition coefficient (Wildman–Crippen LogP) is 6.14. The van der Waals surface area contributed by atoms with Crippen LogP contribution in [0.4, 0.5) is 0 Å². The van der Waals surface area contributed by atoms with E-state index in [-0.39, 0.29) is 0 Å². The van der Waals surface area contributed by atoms with Crippen LogP contribution < -0.4 is 0 Å². The molecule has 0 aromatic heterocycles. The Bertz CT molecular complexity index is 643. The number of fused-ring (bicyclic) bond motifs is 6. The van der Waals surface area contributed by atoms with Crippen molar-refractivity contribution in [2.45, 2.75) is 73.6 Å². The fourth-order valence-electron chi connectivity index (χ4n) is 7.70. The minimum atomic E-state index is 0.455. The molecule has 5 atom stereocenters. The highest BCUT2D eigenvalue weighted by molar-refractivity contribution is 5.57. The first-order chi connectivity index (χ1) is 10.1. The topological polar surface area (TPSA) is 0 Å². The van der Waals surface area contributed by atoms with E-state index < -0.39 is 0 Å². The van der Waals surface area contributed by atoms with Gasteiger partial charge in [-0.1, -0.05) is 58.8 Å². The molecule has 4 saturated carbocycles. The van der Waals surface area contributed by atoms with Gasteiger partial charge in [-0.05, 0) is 71.2 Å². The van der Waals surface area contributed by atoms with Crippen LogP contribution >= 0.6 is 0 Å². The summed E-state index contributed by atoms with van der Waals surface area (Å²) in [6, 6.07) is 0. The molecule has 0 N–H and O–H groups in total. The van der Waals surface area contributed by atoms with Crippen LogP contribution in [0.15, 0.2) is 22.8 Å². The van der Waals surface area contributed by atoms with Gasteiger partial charge in [-0.3, -0.25) is 0 Å². The van der Waals surface area contributed by atoms with Crippen molar-refractivity contribution in [1.29, 1.82) is 0 Å². The Labute approximate surface area is 136 Å². The highest BCUT2D eigenvalue weighted by Gasteiger charge is 2.67. The molecule has 0 aromatic carbocycles. The second-order valence-electron chi connectivity index (χ2n) is 10.8. The zero-order valence-electron chi connectivity index (χ0n) is 15.3. The van der Waals surface area contributed by atoms with Crippen LogP contribution in [0.2, 0.25) is 0 Å². The molecule has 22 heavy (non-hydrogen) atoms. The maximum absolute atomic E-state index is 2.74. The molecule has 6 rings (SSSR count). The van der Waals surface area contributed by atoms with Gasteiger partial charge in [0.2, 0.25) is 0 Å². The van der Waals surface area contributed by atoms with Crippen LogP contribution in [-0.2, 0) is 0 Å². The van der Waals surface area contributed by atoms with Gasteiger partial charge >= 0.3 is 0 Å². The van der Waals surface area contributed by atoms with Gasteiger partial charge in [-0.25, -0.2) is 0 Å². The van der Waals surface area contributed by atoms with Crippen molar-refractivity contribution in [2.24, 2.45) is 39.4 Å². The lowest BCUT2D eigenvalue weighted by atomic mass is 9.44. The molecule has 0 saturated heterocycles. The number of rotatable bonds is 0. The lowest BCUT2D eigenvalue weighted by molar-refractivity contribution is -0.0263. The molecule has 0 aliphatic heterocycles. The lowest BCUT2D eigenvalue weighted by Crippen LogP contribution is -2.52. The first kappa shape index (κ1) is 13.9. The third kappa shape index (κ3) is 1.14. The molecular weight excluding hydrogens is 264 g/mol. The van der Waals surface area contributed by atoms with Crippen molar-refractivity contribution in [3.63, 3.8) is 0 Å². The molecule has 4 fully saturated rings. The van der Waals surface area contributed by atoms with Crippen LogP contribution in [0, 0.1) is 39.4 Å². The van der Waals surface area contributed by atoms with Gasteiger partial charge in [0, 0.05) is 5.92 Å². The van der Waals surface area contributed by atoms with Crippen molar-refractivity contribution >= 4 is 0 Å². The SMILES string of the molecule is CC1(C)C[C@H]2CC[C@@]1(C)C1=CC3=C([C@H]12)[C@@H]1CC[C@]3(C)C1(C)C. The molecule has 0 nitrogen and oxygen atoms in total.